The molecule has 1 aromatic heterocycles. The molecule has 0 fully saturated rings. The van der Waals surface area contributed by atoms with Crippen molar-refractivity contribution in [3.8, 4) is 11.8 Å². The summed E-state index contributed by atoms with van der Waals surface area (Å²) in [5.74, 6) is -0.771. The van der Waals surface area contributed by atoms with Crippen LogP contribution in [0.4, 0.5) is 5.69 Å². The van der Waals surface area contributed by atoms with Gasteiger partial charge in [0.05, 0.1) is 34.0 Å². The van der Waals surface area contributed by atoms with Gasteiger partial charge in [-0.15, -0.1) is 0 Å². The van der Waals surface area contributed by atoms with E-state index >= 15 is 0 Å². The molecule has 0 spiro atoms. The van der Waals surface area contributed by atoms with E-state index in [1.807, 2.05) is 6.07 Å². The number of carbonyl (C=O) groups excluding carboxylic acids is 1. The summed E-state index contributed by atoms with van der Waals surface area (Å²) in [5.41, 5.74) is 6.43. The van der Waals surface area contributed by atoms with Crippen LogP contribution in [0.15, 0.2) is 23.2 Å². The average molecular weight is 368 g/mol. The first-order valence-electron chi connectivity index (χ1n) is 6.61. The minimum Gasteiger partial charge on any atom is -0.464 e. The van der Waals surface area contributed by atoms with Crippen molar-refractivity contribution in [1.82, 2.24) is 4.57 Å². The van der Waals surface area contributed by atoms with Crippen molar-refractivity contribution >= 4 is 33.1 Å². The van der Waals surface area contributed by atoms with Gasteiger partial charge >= 0.3 is 5.97 Å². The van der Waals surface area contributed by atoms with E-state index in [4.69, 9.17) is 27.3 Å². The average Bonchev–Trinajstić information content (AvgIpc) is 2.84. The molecule has 0 amide bonds. The molecule has 0 aliphatic carbocycles. The minimum atomic E-state index is -3.50. The quantitative estimate of drug-likeness (QED) is 0.830. The van der Waals surface area contributed by atoms with Crippen LogP contribution < -0.4 is 5.73 Å². The summed E-state index contributed by atoms with van der Waals surface area (Å²) in [6.45, 7) is 1.64. The Bertz CT molecular complexity index is 987. The van der Waals surface area contributed by atoms with Crippen LogP contribution in [0.2, 0.25) is 5.02 Å². The lowest BCUT2D eigenvalue weighted by Gasteiger charge is -2.13. The molecule has 0 aliphatic rings. The highest BCUT2D eigenvalue weighted by Gasteiger charge is 2.24. The van der Waals surface area contributed by atoms with Crippen LogP contribution in [-0.2, 0) is 14.6 Å². The third-order valence-electron chi connectivity index (χ3n) is 3.44. The van der Waals surface area contributed by atoms with Gasteiger partial charge in [-0.05, 0) is 24.6 Å². The van der Waals surface area contributed by atoms with Crippen LogP contribution in [0.1, 0.15) is 21.6 Å². The summed E-state index contributed by atoms with van der Waals surface area (Å²) < 4.78 is 29.7. The van der Waals surface area contributed by atoms with Gasteiger partial charge < -0.3 is 15.0 Å². The van der Waals surface area contributed by atoms with Crippen LogP contribution in [0.3, 0.4) is 0 Å². The molecule has 2 N–H and O–H groups in total. The van der Waals surface area contributed by atoms with E-state index in [0.29, 0.717) is 5.56 Å². The Morgan fingerprint density at radius 2 is 2.04 bits per heavy atom. The van der Waals surface area contributed by atoms with Gasteiger partial charge in [0.1, 0.15) is 6.07 Å². The lowest BCUT2D eigenvalue weighted by molar-refractivity contribution is 0.0593. The van der Waals surface area contributed by atoms with Crippen molar-refractivity contribution in [2.45, 2.75) is 11.8 Å². The summed E-state index contributed by atoms with van der Waals surface area (Å²) in [7, 11) is -2.33. The highest BCUT2D eigenvalue weighted by Crippen LogP contribution is 2.32. The van der Waals surface area contributed by atoms with Crippen molar-refractivity contribution < 1.29 is 17.9 Å². The number of carbonyl (C=O) groups is 1. The Hall–Kier alpha value is -2.50. The van der Waals surface area contributed by atoms with E-state index in [1.165, 1.54) is 30.0 Å². The van der Waals surface area contributed by atoms with Gasteiger partial charge in [0.2, 0.25) is 0 Å². The fraction of sp³-hybridized carbons (Fsp3) is 0.200. The molecule has 2 aromatic rings. The number of hydrogen-bond donors (Lipinski definition) is 1. The third kappa shape index (κ3) is 2.96. The molecule has 0 aliphatic heterocycles. The number of nitrogens with two attached hydrogens (primary N) is 1. The monoisotopic (exact) mass is 367 g/mol. The van der Waals surface area contributed by atoms with Crippen LogP contribution >= 0.6 is 11.6 Å². The molecule has 126 valence electrons. The molecule has 1 heterocycles. The first-order valence-corrected chi connectivity index (χ1v) is 8.88. The SMILES string of the molecule is COC(=O)c1c(N)c(C#N)cn1-c1cc(S(C)(=O)=O)cc(C)c1Cl. The normalized spacial score (nSPS) is 11.1. The number of nitriles is 1. The van der Waals surface area contributed by atoms with Gasteiger partial charge in [-0.25, -0.2) is 13.2 Å². The maximum absolute atomic E-state index is 12.0. The number of nitrogens with zero attached hydrogens (tertiary/aromatic N) is 2. The molecule has 24 heavy (non-hydrogen) atoms. The van der Waals surface area contributed by atoms with Gasteiger partial charge in [-0.3, -0.25) is 0 Å². The predicted octanol–water partition coefficient (Wildman–Crippen LogP) is 2.08. The molecule has 0 radical (unpaired) electrons. The zero-order valence-corrected chi connectivity index (χ0v) is 14.7. The van der Waals surface area contributed by atoms with Gasteiger partial charge in [-0.2, -0.15) is 5.26 Å². The lowest BCUT2D eigenvalue weighted by Crippen LogP contribution is -2.12. The summed E-state index contributed by atoms with van der Waals surface area (Å²) >= 11 is 6.28. The number of aryl methyl sites for hydroxylation is 1. The first kappa shape index (κ1) is 17.8. The number of aromatic nitrogens is 1. The molecule has 9 heteroatoms. The number of ether oxygens (including phenoxy) is 1. The van der Waals surface area contributed by atoms with Crippen LogP contribution in [0, 0.1) is 18.3 Å². The molecule has 0 saturated carbocycles. The van der Waals surface area contributed by atoms with Crippen molar-refractivity contribution in [1.29, 1.82) is 5.26 Å². The second-order valence-corrected chi connectivity index (χ2v) is 7.52. The summed E-state index contributed by atoms with van der Waals surface area (Å²) in [6, 6.07) is 4.61. The fourth-order valence-corrected chi connectivity index (χ4v) is 3.13. The Labute approximate surface area is 144 Å². The largest absolute Gasteiger partial charge is 0.464 e. The molecular formula is C15H14ClN3O4S. The molecule has 0 bridgehead atoms. The van der Waals surface area contributed by atoms with Gasteiger partial charge in [-0.1, -0.05) is 11.6 Å². The van der Waals surface area contributed by atoms with Crippen LogP contribution in [-0.4, -0.2) is 32.3 Å². The number of benzene rings is 1. The molecular weight excluding hydrogens is 354 g/mol. The van der Waals surface area contributed by atoms with E-state index in [0.717, 1.165) is 6.26 Å². The first-order chi connectivity index (χ1) is 11.1. The Morgan fingerprint density at radius 3 is 2.54 bits per heavy atom. The number of methoxy groups -OCH3 is 1. The lowest BCUT2D eigenvalue weighted by atomic mass is 10.2. The number of hydrogen-bond acceptors (Lipinski definition) is 6. The zero-order valence-electron chi connectivity index (χ0n) is 13.1. The summed E-state index contributed by atoms with van der Waals surface area (Å²) in [5, 5.41) is 9.37. The van der Waals surface area contributed by atoms with Crippen molar-refractivity contribution in [3.05, 3.63) is 40.2 Å². The predicted molar refractivity (Wildman–Crippen MR) is 89.1 cm³/mol. The Balaban J connectivity index is 2.90. The molecule has 0 unspecified atom stereocenters. The number of rotatable bonds is 3. The number of anilines is 1. The zero-order chi connectivity index (χ0) is 18.2. The second-order valence-electron chi connectivity index (χ2n) is 5.12. The number of halogens is 1. The number of nitrogen functional groups attached to an aromatic ring is 1. The second kappa shape index (κ2) is 6.19. The van der Waals surface area contributed by atoms with E-state index in [-0.39, 0.29) is 32.6 Å². The summed E-state index contributed by atoms with van der Waals surface area (Å²) in [6.07, 6.45) is 2.37. The number of sulfone groups is 1. The van der Waals surface area contributed by atoms with Crippen molar-refractivity contribution in [2.24, 2.45) is 0 Å². The third-order valence-corrected chi connectivity index (χ3v) is 5.02. The van der Waals surface area contributed by atoms with E-state index in [1.54, 1.807) is 6.92 Å². The fourth-order valence-electron chi connectivity index (χ4n) is 2.21. The maximum Gasteiger partial charge on any atom is 0.357 e. The maximum atomic E-state index is 12.0. The van der Waals surface area contributed by atoms with Gasteiger partial charge in [0.15, 0.2) is 15.5 Å². The van der Waals surface area contributed by atoms with Crippen LogP contribution in [0.25, 0.3) is 5.69 Å². The standard InChI is InChI=1S/C15H14ClN3O4S/c1-8-4-10(24(3,21)22)5-11(12(8)16)19-7-9(6-17)13(18)14(19)15(20)23-2/h4-5,7H,18H2,1-3H3. The van der Waals surface area contributed by atoms with E-state index < -0.39 is 15.8 Å². The van der Waals surface area contributed by atoms with Gasteiger partial charge in [0.25, 0.3) is 0 Å². The van der Waals surface area contributed by atoms with Crippen molar-refractivity contribution in [2.75, 3.05) is 19.1 Å². The molecule has 0 atom stereocenters. The van der Waals surface area contributed by atoms with E-state index in [9.17, 15) is 13.2 Å². The summed E-state index contributed by atoms with van der Waals surface area (Å²) in [4.78, 5) is 12.1. The molecule has 0 saturated heterocycles. The Morgan fingerprint density at radius 1 is 1.42 bits per heavy atom. The highest BCUT2D eigenvalue weighted by molar-refractivity contribution is 7.90. The molecule has 7 nitrogen and oxygen atoms in total. The smallest absolute Gasteiger partial charge is 0.357 e. The van der Waals surface area contributed by atoms with Gasteiger partial charge in [0, 0.05) is 12.5 Å². The highest BCUT2D eigenvalue weighted by atomic mass is 35.5. The van der Waals surface area contributed by atoms with Crippen molar-refractivity contribution in [3.63, 3.8) is 0 Å². The topological polar surface area (TPSA) is 115 Å². The Kier molecular flexibility index (Phi) is 4.60. The molecule has 1 aromatic carbocycles. The minimum absolute atomic E-state index is 0.0287. The molecule has 2 rings (SSSR count). The van der Waals surface area contributed by atoms with Crippen LogP contribution in [0.5, 0.6) is 0 Å². The number of esters is 1. The van der Waals surface area contributed by atoms with E-state index in [2.05, 4.69) is 0 Å².